The predicted molar refractivity (Wildman–Crippen MR) is 50.5 cm³/mol. The summed E-state index contributed by atoms with van der Waals surface area (Å²) in [7, 11) is 1.45. The Morgan fingerprint density at radius 3 is 2.57 bits per heavy atom. The maximum absolute atomic E-state index is 11.0. The van der Waals surface area contributed by atoms with Crippen molar-refractivity contribution in [3.8, 4) is 0 Å². The third-order valence-electron chi connectivity index (χ3n) is 2.56. The van der Waals surface area contributed by atoms with Crippen LogP contribution in [0, 0.1) is 5.92 Å². The summed E-state index contributed by atoms with van der Waals surface area (Å²) >= 11 is 0. The first kappa shape index (κ1) is 11.4. The summed E-state index contributed by atoms with van der Waals surface area (Å²) in [5, 5.41) is 9.50. The van der Waals surface area contributed by atoms with Crippen LogP contribution >= 0.6 is 0 Å². The zero-order valence-electron chi connectivity index (χ0n) is 8.77. The average Bonchev–Trinajstić information content (AvgIpc) is 2.15. The van der Waals surface area contributed by atoms with Crippen LogP contribution in [0.2, 0.25) is 0 Å². The third kappa shape index (κ3) is 3.61. The molecule has 1 heterocycles. The van der Waals surface area contributed by atoms with E-state index >= 15 is 0 Å². The molecule has 0 radical (unpaired) electrons. The largest absolute Gasteiger partial charge is 0.343 e. The molecule has 1 aliphatic heterocycles. The van der Waals surface area contributed by atoms with Gasteiger partial charge in [0.25, 0.3) is 0 Å². The number of rotatable bonds is 3. The normalized spacial score (nSPS) is 19.0. The van der Waals surface area contributed by atoms with Crippen LogP contribution in [0.5, 0.6) is 0 Å². The highest BCUT2D eigenvalue weighted by atomic mass is 16.9. The SMILES string of the molecule is CC(=O)N1CCC(CON(C)O)CC1. The van der Waals surface area contributed by atoms with Crippen molar-refractivity contribution >= 4 is 5.91 Å². The fraction of sp³-hybridized carbons (Fsp3) is 0.889. The number of carbonyl (C=O) groups is 1. The number of piperidine rings is 1. The quantitative estimate of drug-likeness (QED) is 0.677. The first-order chi connectivity index (χ1) is 6.59. The van der Waals surface area contributed by atoms with Crippen LogP contribution in [-0.2, 0) is 9.63 Å². The van der Waals surface area contributed by atoms with E-state index in [1.165, 1.54) is 7.05 Å². The maximum atomic E-state index is 11.0. The Balaban J connectivity index is 2.19. The van der Waals surface area contributed by atoms with Crippen molar-refractivity contribution in [1.82, 2.24) is 10.1 Å². The molecule has 0 aliphatic carbocycles. The Morgan fingerprint density at radius 1 is 1.57 bits per heavy atom. The van der Waals surface area contributed by atoms with Gasteiger partial charge in [0.2, 0.25) is 5.91 Å². The standard InChI is InChI=1S/C9H18N2O3/c1-8(12)11-5-3-9(4-6-11)7-14-10(2)13/h9,13H,3-7H2,1-2H3. The monoisotopic (exact) mass is 202 g/mol. The van der Waals surface area contributed by atoms with Crippen LogP contribution in [-0.4, -0.2) is 48.0 Å². The van der Waals surface area contributed by atoms with Crippen LogP contribution in [0.4, 0.5) is 0 Å². The summed E-state index contributed by atoms with van der Waals surface area (Å²) < 4.78 is 0. The van der Waals surface area contributed by atoms with Gasteiger partial charge in [-0.3, -0.25) is 14.8 Å². The molecule has 82 valence electrons. The Hall–Kier alpha value is -0.650. The number of amides is 1. The molecule has 0 aromatic rings. The van der Waals surface area contributed by atoms with Crippen molar-refractivity contribution in [2.75, 3.05) is 26.7 Å². The molecule has 0 spiro atoms. The van der Waals surface area contributed by atoms with Crippen LogP contribution in [0.3, 0.4) is 0 Å². The molecule has 0 atom stereocenters. The molecule has 1 rings (SSSR count). The Labute approximate surface area is 84.2 Å². The molecule has 1 fully saturated rings. The topological polar surface area (TPSA) is 53.0 Å². The smallest absolute Gasteiger partial charge is 0.219 e. The van der Waals surface area contributed by atoms with Crippen molar-refractivity contribution in [3.63, 3.8) is 0 Å². The molecule has 1 aliphatic rings. The lowest BCUT2D eigenvalue weighted by molar-refractivity contribution is -0.328. The van der Waals surface area contributed by atoms with Crippen LogP contribution in [0.25, 0.3) is 0 Å². The van der Waals surface area contributed by atoms with Gasteiger partial charge in [-0.2, -0.15) is 0 Å². The second-order valence-electron chi connectivity index (χ2n) is 3.71. The lowest BCUT2D eigenvalue weighted by atomic mass is 9.98. The van der Waals surface area contributed by atoms with Crippen LogP contribution in [0.15, 0.2) is 0 Å². The summed E-state index contributed by atoms with van der Waals surface area (Å²) in [4.78, 5) is 17.8. The zero-order valence-corrected chi connectivity index (χ0v) is 8.77. The molecule has 0 aromatic carbocycles. The molecule has 0 saturated carbocycles. The fourth-order valence-corrected chi connectivity index (χ4v) is 1.63. The van der Waals surface area contributed by atoms with E-state index in [2.05, 4.69) is 0 Å². The Morgan fingerprint density at radius 2 is 2.14 bits per heavy atom. The van der Waals surface area contributed by atoms with E-state index in [0.717, 1.165) is 31.2 Å². The van der Waals surface area contributed by atoms with Gasteiger partial charge >= 0.3 is 0 Å². The van der Waals surface area contributed by atoms with E-state index in [9.17, 15) is 4.79 Å². The van der Waals surface area contributed by atoms with E-state index in [1.54, 1.807) is 6.92 Å². The number of nitrogens with zero attached hydrogens (tertiary/aromatic N) is 2. The highest BCUT2D eigenvalue weighted by Crippen LogP contribution is 2.17. The van der Waals surface area contributed by atoms with Crippen molar-refractivity contribution in [2.45, 2.75) is 19.8 Å². The summed E-state index contributed by atoms with van der Waals surface area (Å²) in [5.74, 6) is 0.587. The number of carbonyl (C=O) groups excluding carboxylic acids is 1. The second kappa shape index (κ2) is 5.29. The van der Waals surface area contributed by atoms with Gasteiger partial charge in [0.05, 0.1) is 6.61 Å². The minimum atomic E-state index is 0.142. The minimum Gasteiger partial charge on any atom is -0.343 e. The van der Waals surface area contributed by atoms with E-state index in [4.69, 9.17) is 10.0 Å². The summed E-state index contributed by atoms with van der Waals surface area (Å²) in [6, 6.07) is 0. The molecule has 1 saturated heterocycles. The zero-order chi connectivity index (χ0) is 10.6. The first-order valence-corrected chi connectivity index (χ1v) is 4.90. The number of likely N-dealkylation sites (tertiary alicyclic amines) is 1. The van der Waals surface area contributed by atoms with Crippen molar-refractivity contribution in [1.29, 1.82) is 0 Å². The molecule has 0 bridgehead atoms. The van der Waals surface area contributed by atoms with Gasteiger partial charge in [-0.25, -0.2) is 0 Å². The van der Waals surface area contributed by atoms with E-state index in [-0.39, 0.29) is 5.91 Å². The molecule has 1 N–H and O–H groups in total. The van der Waals surface area contributed by atoms with E-state index in [0.29, 0.717) is 12.5 Å². The molecule has 1 amide bonds. The summed E-state index contributed by atoms with van der Waals surface area (Å²) in [6.07, 6.45) is 1.90. The molecular weight excluding hydrogens is 184 g/mol. The molecular formula is C9H18N2O3. The second-order valence-corrected chi connectivity index (χ2v) is 3.71. The van der Waals surface area contributed by atoms with Gasteiger partial charge in [-0.1, -0.05) is 5.23 Å². The highest BCUT2D eigenvalue weighted by molar-refractivity contribution is 5.73. The van der Waals surface area contributed by atoms with E-state index < -0.39 is 0 Å². The number of hydroxylamine groups is 2. The van der Waals surface area contributed by atoms with Crippen molar-refractivity contribution < 1.29 is 14.8 Å². The molecule has 0 aromatic heterocycles. The van der Waals surface area contributed by atoms with E-state index in [1.807, 2.05) is 4.90 Å². The van der Waals surface area contributed by atoms with Gasteiger partial charge in [-0.05, 0) is 18.8 Å². The molecule has 0 unspecified atom stereocenters. The average molecular weight is 202 g/mol. The minimum absolute atomic E-state index is 0.142. The lowest BCUT2D eigenvalue weighted by Gasteiger charge is -2.31. The van der Waals surface area contributed by atoms with Gasteiger partial charge < -0.3 is 4.90 Å². The molecule has 14 heavy (non-hydrogen) atoms. The van der Waals surface area contributed by atoms with Crippen molar-refractivity contribution in [3.05, 3.63) is 0 Å². The van der Waals surface area contributed by atoms with Crippen LogP contribution in [0.1, 0.15) is 19.8 Å². The Kier molecular flexibility index (Phi) is 4.31. The predicted octanol–water partition coefficient (Wildman–Crippen LogP) is 0.497. The number of hydrogen-bond donors (Lipinski definition) is 1. The first-order valence-electron chi connectivity index (χ1n) is 4.90. The maximum Gasteiger partial charge on any atom is 0.219 e. The highest BCUT2D eigenvalue weighted by Gasteiger charge is 2.20. The van der Waals surface area contributed by atoms with Crippen molar-refractivity contribution in [2.24, 2.45) is 5.92 Å². The van der Waals surface area contributed by atoms with Crippen LogP contribution < -0.4 is 0 Å². The Bertz CT molecular complexity index is 188. The fourth-order valence-electron chi connectivity index (χ4n) is 1.63. The molecule has 5 heteroatoms. The third-order valence-corrected chi connectivity index (χ3v) is 2.56. The van der Waals surface area contributed by atoms with Gasteiger partial charge in [0, 0.05) is 27.1 Å². The van der Waals surface area contributed by atoms with Gasteiger partial charge in [0.15, 0.2) is 0 Å². The molecule has 5 nitrogen and oxygen atoms in total. The lowest BCUT2D eigenvalue weighted by Crippen LogP contribution is -2.38. The number of hydrogen-bond acceptors (Lipinski definition) is 4. The summed E-state index contributed by atoms with van der Waals surface area (Å²) in [5.41, 5.74) is 0. The van der Waals surface area contributed by atoms with Gasteiger partial charge in [-0.15, -0.1) is 0 Å². The summed E-state index contributed by atoms with van der Waals surface area (Å²) in [6.45, 7) is 3.73. The van der Waals surface area contributed by atoms with Gasteiger partial charge in [0.1, 0.15) is 0 Å².